The first-order chi connectivity index (χ1) is 11.5. The van der Waals surface area contributed by atoms with Crippen molar-refractivity contribution in [2.75, 3.05) is 20.1 Å². The fourth-order valence-corrected chi connectivity index (χ4v) is 3.90. The third-order valence-electron chi connectivity index (χ3n) is 4.18. The third-order valence-corrected chi connectivity index (χ3v) is 5.20. The Labute approximate surface area is 144 Å². The van der Waals surface area contributed by atoms with Gasteiger partial charge in [0.1, 0.15) is 6.04 Å². The number of carbonyl (C=O) groups is 2. The number of thiazole rings is 1. The molecule has 1 aromatic heterocycles. The van der Waals surface area contributed by atoms with E-state index in [1.54, 1.807) is 11.9 Å². The molecule has 1 fully saturated rings. The molecule has 7 heteroatoms. The van der Waals surface area contributed by atoms with Gasteiger partial charge in [-0.25, -0.2) is 4.98 Å². The highest BCUT2D eigenvalue weighted by Gasteiger charge is 2.34. The van der Waals surface area contributed by atoms with Crippen LogP contribution in [0.2, 0.25) is 0 Å². The number of nitriles is 1. The first-order valence-electron chi connectivity index (χ1n) is 7.79. The summed E-state index contributed by atoms with van der Waals surface area (Å²) >= 11 is 1.32. The minimum atomic E-state index is -0.390. The van der Waals surface area contributed by atoms with E-state index in [9.17, 15) is 14.9 Å². The van der Waals surface area contributed by atoms with Gasteiger partial charge in [-0.1, -0.05) is 19.1 Å². The second kappa shape index (κ2) is 6.57. The Balaban J connectivity index is 1.70. The summed E-state index contributed by atoms with van der Waals surface area (Å²) in [6.45, 7) is 2.55. The summed E-state index contributed by atoms with van der Waals surface area (Å²) in [4.78, 5) is 32.2. The Hall–Kier alpha value is -2.46. The summed E-state index contributed by atoms with van der Waals surface area (Å²) in [5, 5.41) is 9.55. The third kappa shape index (κ3) is 3.10. The maximum atomic E-state index is 12.5. The Morgan fingerprint density at radius 2 is 2.21 bits per heavy atom. The average Bonchev–Trinajstić information content (AvgIpc) is 3.16. The van der Waals surface area contributed by atoms with Crippen LogP contribution in [-0.4, -0.2) is 52.8 Å². The number of nitrogens with zero attached hydrogens (tertiary/aromatic N) is 4. The molecule has 2 aromatic rings. The molecule has 0 saturated carbocycles. The zero-order valence-corrected chi connectivity index (χ0v) is 14.4. The standard InChI is InChI=1S/C17H18N4O2S/c1-11-7-12(8-18)21(9-11)15(22)10-20(2)17(23)16-19-13-5-3-4-6-14(13)24-16/h3-6,11-12H,7,9-10H2,1-2H3. The number of likely N-dealkylation sites (N-methyl/N-ethyl adjacent to an activating group) is 1. The first kappa shape index (κ1) is 16.4. The van der Waals surface area contributed by atoms with Crippen molar-refractivity contribution in [3.8, 4) is 6.07 Å². The maximum absolute atomic E-state index is 12.5. The predicted octanol–water partition coefficient (Wildman–Crippen LogP) is 2.13. The normalized spacial score (nSPS) is 20.1. The molecule has 0 N–H and O–H groups in total. The van der Waals surface area contributed by atoms with Crippen LogP contribution in [0.5, 0.6) is 0 Å². The van der Waals surface area contributed by atoms with Gasteiger partial charge in [-0.3, -0.25) is 9.59 Å². The van der Waals surface area contributed by atoms with Gasteiger partial charge in [-0.15, -0.1) is 11.3 Å². The molecule has 24 heavy (non-hydrogen) atoms. The molecule has 1 aromatic carbocycles. The fourth-order valence-electron chi connectivity index (χ4n) is 2.94. The number of likely N-dealkylation sites (tertiary alicyclic amines) is 1. The summed E-state index contributed by atoms with van der Waals surface area (Å²) in [5.74, 6) is -0.156. The van der Waals surface area contributed by atoms with E-state index in [1.165, 1.54) is 16.2 Å². The quantitative estimate of drug-likeness (QED) is 0.856. The molecular formula is C17H18N4O2S. The highest BCUT2D eigenvalue weighted by atomic mass is 32.1. The van der Waals surface area contributed by atoms with Crippen molar-refractivity contribution < 1.29 is 9.59 Å². The van der Waals surface area contributed by atoms with Crippen LogP contribution in [0.3, 0.4) is 0 Å². The number of para-hydroxylation sites is 1. The number of amides is 2. The second-order valence-electron chi connectivity index (χ2n) is 6.18. The van der Waals surface area contributed by atoms with E-state index < -0.39 is 6.04 Å². The average molecular weight is 342 g/mol. The number of hydrogen-bond acceptors (Lipinski definition) is 5. The second-order valence-corrected chi connectivity index (χ2v) is 7.21. The van der Waals surface area contributed by atoms with Gasteiger partial charge >= 0.3 is 0 Å². The van der Waals surface area contributed by atoms with Crippen molar-refractivity contribution in [1.29, 1.82) is 5.26 Å². The molecule has 0 aliphatic carbocycles. The molecule has 1 saturated heterocycles. The molecule has 0 spiro atoms. The molecule has 2 amide bonds. The van der Waals surface area contributed by atoms with E-state index >= 15 is 0 Å². The zero-order chi connectivity index (χ0) is 17.3. The van der Waals surface area contributed by atoms with Crippen LogP contribution in [-0.2, 0) is 4.79 Å². The number of hydrogen-bond donors (Lipinski definition) is 0. The van der Waals surface area contributed by atoms with Crippen LogP contribution < -0.4 is 0 Å². The van der Waals surface area contributed by atoms with Crippen molar-refractivity contribution in [3.63, 3.8) is 0 Å². The number of carbonyl (C=O) groups excluding carboxylic acids is 2. The van der Waals surface area contributed by atoms with Crippen molar-refractivity contribution in [1.82, 2.24) is 14.8 Å². The summed E-state index contributed by atoms with van der Waals surface area (Å²) in [6, 6.07) is 9.33. The Bertz CT molecular complexity index is 792. The number of aromatic nitrogens is 1. The van der Waals surface area contributed by atoms with E-state index in [-0.39, 0.29) is 18.4 Å². The van der Waals surface area contributed by atoms with Gasteiger partial charge in [0.05, 0.1) is 22.8 Å². The molecule has 1 aliphatic heterocycles. The molecule has 1 aliphatic rings. The predicted molar refractivity (Wildman–Crippen MR) is 91.5 cm³/mol. The molecule has 124 valence electrons. The molecule has 0 bridgehead atoms. The zero-order valence-electron chi connectivity index (χ0n) is 13.6. The van der Waals surface area contributed by atoms with Gasteiger partial charge in [0.15, 0.2) is 5.01 Å². The van der Waals surface area contributed by atoms with Gasteiger partial charge in [0, 0.05) is 13.6 Å². The van der Waals surface area contributed by atoms with Crippen molar-refractivity contribution in [2.24, 2.45) is 5.92 Å². The maximum Gasteiger partial charge on any atom is 0.283 e. The topological polar surface area (TPSA) is 77.3 Å². The minimum Gasteiger partial charge on any atom is -0.330 e. The lowest BCUT2D eigenvalue weighted by Crippen LogP contribution is -2.43. The summed E-state index contributed by atoms with van der Waals surface area (Å²) in [5.41, 5.74) is 0.781. The molecule has 6 nitrogen and oxygen atoms in total. The Morgan fingerprint density at radius 1 is 1.46 bits per heavy atom. The van der Waals surface area contributed by atoms with Crippen LogP contribution >= 0.6 is 11.3 Å². The fraction of sp³-hybridized carbons (Fsp3) is 0.412. The van der Waals surface area contributed by atoms with Crippen LogP contribution in [0.1, 0.15) is 23.1 Å². The van der Waals surface area contributed by atoms with E-state index in [1.807, 2.05) is 31.2 Å². The van der Waals surface area contributed by atoms with Crippen LogP contribution in [0.15, 0.2) is 24.3 Å². The van der Waals surface area contributed by atoms with Crippen molar-refractivity contribution >= 4 is 33.4 Å². The lowest BCUT2D eigenvalue weighted by molar-refractivity contribution is -0.131. The van der Waals surface area contributed by atoms with E-state index in [0.29, 0.717) is 23.9 Å². The molecule has 0 radical (unpaired) electrons. The van der Waals surface area contributed by atoms with Gasteiger partial charge in [-0.2, -0.15) is 5.26 Å². The Kier molecular flexibility index (Phi) is 4.49. The van der Waals surface area contributed by atoms with Crippen molar-refractivity contribution in [3.05, 3.63) is 29.3 Å². The van der Waals surface area contributed by atoms with Gasteiger partial charge in [0.2, 0.25) is 5.91 Å². The molecule has 2 atom stereocenters. The summed E-state index contributed by atoms with van der Waals surface area (Å²) in [6.07, 6.45) is 0.692. The number of benzene rings is 1. The number of rotatable bonds is 3. The molecule has 3 rings (SSSR count). The van der Waals surface area contributed by atoms with E-state index in [4.69, 9.17) is 0 Å². The van der Waals surface area contributed by atoms with Crippen LogP contribution in [0.4, 0.5) is 0 Å². The van der Waals surface area contributed by atoms with Gasteiger partial charge in [0.25, 0.3) is 5.91 Å². The monoisotopic (exact) mass is 342 g/mol. The van der Waals surface area contributed by atoms with Gasteiger partial charge in [-0.05, 0) is 24.5 Å². The van der Waals surface area contributed by atoms with Crippen LogP contribution in [0.25, 0.3) is 10.2 Å². The van der Waals surface area contributed by atoms with E-state index in [0.717, 1.165) is 10.2 Å². The highest BCUT2D eigenvalue weighted by Crippen LogP contribution is 2.24. The molecular weight excluding hydrogens is 324 g/mol. The van der Waals surface area contributed by atoms with Crippen LogP contribution in [0, 0.1) is 17.2 Å². The van der Waals surface area contributed by atoms with Gasteiger partial charge < -0.3 is 9.80 Å². The van der Waals surface area contributed by atoms with E-state index in [2.05, 4.69) is 11.1 Å². The SMILES string of the molecule is CC1CC(C#N)N(C(=O)CN(C)C(=O)c2nc3ccccc3s2)C1. The summed E-state index contributed by atoms with van der Waals surface area (Å²) in [7, 11) is 1.59. The summed E-state index contributed by atoms with van der Waals surface area (Å²) < 4.78 is 0.943. The molecule has 2 heterocycles. The lowest BCUT2D eigenvalue weighted by Gasteiger charge is -2.23. The highest BCUT2D eigenvalue weighted by molar-refractivity contribution is 7.20. The largest absolute Gasteiger partial charge is 0.330 e. The molecule has 2 unspecified atom stereocenters. The lowest BCUT2D eigenvalue weighted by atomic mass is 10.1. The van der Waals surface area contributed by atoms with Crippen molar-refractivity contribution in [2.45, 2.75) is 19.4 Å². The Morgan fingerprint density at radius 3 is 2.92 bits per heavy atom. The number of fused-ring (bicyclic) bond motifs is 1. The smallest absolute Gasteiger partial charge is 0.283 e. The minimum absolute atomic E-state index is 0.0420. The first-order valence-corrected chi connectivity index (χ1v) is 8.61.